The van der Waals surface area contributed by atoms with Crippen LogP contribution < -0.4 is 11.1 Å². The van der Waals surface area contributed by atoms with E-state index in [2.05, 4.69) is 31.3 Å². The van der Waals surface area contributed by atoms with Gasteiger partial charge in [0.05, 0.1) is 51.9 Å². The number of benzene rings is 1. The number of hydrogen-bond acceptors (Lipinski definition) is 8. The van der Waals surface area contributed by atoms with Gasteiger partial charge in [0, 0.05) is 17.1 Å². The molecule has 5 aromatic rings. The zero-order chi connectivity index (χ0) is 27.2. The number of halogens is 3. The summed E-state index contributed by atoms with van der Waals surface area (Å²) >= 11 is 0. The zero-order valence-corrected chi connectivity index (χ0v) is 20.0. The molecule has 0 saturated carbocycles. The first-order chi connectivity index (χ1) is 18.0. The third kappa shape index (κ3) is 4.08. The van der Waals surface area contributed by atoms with Crippen LogP contribution in [0.3, 0.4) is 0 Å². The van der Waals surface area contributed by atoms with Crippen LogP contribution >= 0.6 is 0 Å². The van der Waals surface area contributed by atoms with Crippen LogP contribution in [0.25, 0.3) is 38.8 Å². The van der Waals surface area contributed by atoms with E-state index in [0.717, 1.165) is 6.07 Å². The smallest absolute Gasteiger partial charge is 0.383 e. The van der Waals surface area contributed by atoms with E-state index in [1.54, 1.807) is 61.1 Å². The number of imidazole rings is 1. The molecule has 0 fully saturated rings. The van der Waals surface area contributed by atoms with Gasteiger partial charge >= 0.3 is 6.18 Å². The van der Waals surface area contributed by atoms with Crippen LogP contribution in [0.2, 0.25) is 0 Å². The van der Waals surface area contributed by atoms with Crippen molar-refractivity contribution < 1.29 is 13.2 Å². The van der Waals surface area contributed by atoms with E-state index in [0.29, 0.717) is 38.9 Å². The molecule has 5 rings (SSSR count). The monoisotopic (exact) mass is 513 g/mol. The highest BCUT2D eigenvalue weighted by atomic mass is 19.4. The number of aromatic nitrogens is 5. The Morgan fingerprint density at radius 1 is 0.921 bits per heavy atom. The fourth-order valence-corrected chi connectivity index (χ4v) is 4.13. The Kier molecular flexibility index (Phi) is 5.61. The second-order valence-electron chi connectivity index (χ2n) is 9.02. The van der Waals surface area contributed by atoms with Crippen molar-refractivity contribution in [2.24, 2.45) is 0 Å². The summed E-state index contributed by atoms with van der Waals surface area (Å²) in [6.45, 7) is 3.50. The number of alkyl halides is 3. The van der Waals surface area contributed by atoms with E-state index >= 15 is 0 Å². The molecular weight excluding hydrogens is 495 g/mol. The van der Waals surface area contributed by atoms with Crippen molar-refractivity contribution >= 4 is 33.7 Å². The summed E-state index contributed by atoms with van der Waals surface area (Å²) in [5, 5.41) is 21.9. The van der Waals surface area contributed by atoms with E-state index in [9.17, 15) is 23.7 Å². The third-order valence-corrected chi connectivity index (χ3v) is 6.13. The van der Waals surface area contributed by atoms with Crippen molar-refractivity contribution in [1.29, 1.82) is 10.5 Å². The number of nitriles is 2. The summed E-state index contributed by atoms with van der Waals surface area (Å²) in [6, 6.07) is 11.6. The molecule has 0 amide bonds. The van der Waals surface area contributed by atoms with Crippen molar-refractivity contribution in [3.63, 3.8) is 0 Å². The first kappa shape index (κ1) is 24.5. The molecule has 9 nitrogen and oxygen atoms in total. The number of hydrogen-bond donors (Lipinski definition) is 2. The van der Waals surface area contributed by atoms with Crippen molar-refractivity contribution in [3.05, 3.63) is 66.2 Å². The molecule has 12 heteroatoms. The Hall–Kier alpha value is -5.23. The molecule has 0 atom stereocenters. The highest BCUT2D eigenvalue weighted by molar-refractivity contribution is 6.05. The number of nitrogens with two attached hydrogens (primary N) is 1. The standard InChI is InChI=1S/C26H18F3N9/c1-25(2,12-30)21-6-4-16(10-34-21)38-22-17-7-14(15-8-18(26(27,28)29)23(32)35-9-15)3-5-19(17)33-11-20(22)37-24(38)36-13-31/h3-11H,1-2H3,(H2,32,35)(H,36,37). The van der Waals surface area contributed by atoms with Gasteiger partial charge in [-0.05, 0) is 49.7 Å². The normalized spacial score (nSPS) is 11.9. The van der Waals surface area contributed by atoms with Gasteiger partial charge in [-0.25, -0.2) is 9.97 Å². The lowest BCUT2D eigenvalue weighted by Crippen LogP contribution is -2.16. The summed E-state index contributed by atoms with van der Waals surface area (Å²) in [5.74, 6) is -0.406. The second kappa shape index (κ2) is 8.71. The van der Waals surface area contributed by atoms with Crippen molar-refractivity contribution in [2.75, 3.05) is 11.1 Å². The van der Waals surface area contributed by atoms with Crippen LogP contribution in [0.1, 0.15) is 25.1 Å². The Labute approximate surface area is 214 Å². The number of pyridine rings is 3. The van der Waals surface area contributed by atoms with E-state index in [-0.39, 0.29) is 11.5 Å². The Morgan fingerprint density at radius 3 is 2.37 bits per heavy atom. The molecule has 0 saturated heterocycles. The van der Waals surface area contributed by atoms with Crippen molar-refractivity contribution in [2.45, 2.75) is 25.4 Å². The minimum absolute atomic E-state index is 0.199. The highest BCUT2D eigenvalue weighted by Crippen LogP contribution is 2.37. The minimum Gasteiger partial charge on any atom is -0.383 e. The first-order valence-corrected chi connectivity index (χ1v) is 11.2. The van der Waals surface area contributed by atoms with Crippen LogP contribution in [0.4, 0.5) is 24.9 Å². The maximum atomic E-state index is 13.4. The molecule has 0 radical (unpaired) electrons. The molecule has 0 aliphatic carbocycles. The van der Waals surface area contributed by atoms with Crippen LogP contribution in [-0.4, -0.2) is 24.5 Å². The molecular formula is C26H18F3N9. The highest BCUT2D eigenvalue weighted by Gasteiger charge is 2.34. The van der Waals surface area contributed by atoms with Crippen LogP contribution in [0.15, 0.2) is 55.0 Å². The fraction of sp³-hybridized carbons (Fsp3) is 0.154. The number of nitrogens with zero attached hydrogens (tertiary/aromatic N) is 7. The second-order valence-corrected chi connectivity index (χ2v) is 9.02. The lowest BCUT2D eigenvalue weighted by Gasteiger charge is -2.16. The maximum Gasteiger partial charge on any atom is 0.419 e. The van der Waals surface area contributed by atoms with Gasteiger partial charge in [0.15, 0.2) is 6.19 Å². The molecule has 3 N–H and O–H groups in total. The molecule has 0 spiro atoms. The predicted molar refractivity (Wildman–Crippen MR) is 135 cm³/mol. The summed E-state index contributed by atoms with van der Waals surface area (Å²) in [4.78, 5) is 17.1. The summed E-state index contributed by atoms with van der Waals surface area (Å²) in [6.07, 6.45) is 1.59. The summed E-state index contributed by atoms with van der Waals surface area (Å²) < 4.78 is 42.0. The van der Waals surface area contributed by atoms with Gasteiger partial charge in [-0.1, -0.05) is 6.07 Å². The zero-order valence-electron chi connectivity index (χ0n) is 20.0. The van der Waals surface area contributed by atoms with Crippen LogP contribution in [-0.2, 0) is 11.6 Å². The number of nitrogen functional groups attached to an aromatic ring is 1. The Balaban J connectivity index is 1.75. The largest absolute Gasteiger partial charge is 0.419 e. The summed E-state index contributed by atoms with van der Waals surface area (Å²) in [5.41, 5.74) is 6.98. The van der Waals surface area contributed by atoms with E-state index in [1.807, 2.05) is 6.19 Å². The topological polar surface area (TPSA) is 142 Å². The van der Waals surface area contributed by atoms with Gasteiger partial charge in [0.2, 0.25) is 5.95 Å². The van der Waals surface area contributed by atoms with Gasteiger partial charge in [0.1, 0.15) is 11.3 Å². The van der Waals surface area contributed by atoms with Gasteiger partial charge < -0.3 is 5.73 Å². The number of rotatable bonds is 4. The lowest BCUT2D eigenvalue weighted by atomic mass is 9.91. The molecule has 0 aliphatic rings. The van der Waals surface area contributed by atoms with Gasteiger partial charge in [-0.3, -0.25) is 19.9 Å². The third-order valence-electron chi connectivity index (χ3n) is 6.13. The van der Waals surface area contributed by atoms with E-state index in [4.69, 9.17) is 5.73 Å². The molecule has 0 unspecified atom stereocenters. The molecule has 1 aromatic carbocycles. The van der Waals surface area contributed by atoms with Gasteiger partial charge in [0.25, 0.3) is 0 Å². The molecule has 38 heavy (non-hydrogen) atoms. The number of fused-ring (bicyclic) bond motifs is 3. The quantitative estimate of drug-likeness (QED) is 0.243. The Bertz CT molecular complexity index is 1790. The first-order valence-electron chi connectivity index (χ1n) is 11.2. The fourth-order valence-electron chi connectivity index (χ4n) is 4.13. The molecule has 4 heterocycles. The average Bonchev–Trinajstić information content (AvgIpc) is 3.27. The average molecular weight is 513 g/mol. The molecule has 4 aromatic heterocycles. The lowest BCUT2D eigenvalue weighted by molar-refractivity contribution is -0.137. The van der Waals surface area contributed by atoms with Crippen LogP contribution in [0, 0.1) is 22.8 Å². The predicted octanol–water partition coefficient (Wildman–Crippen LogP) is 5.33. The SMILES string of the molecule is CC(C)(C#N)c1ccc(-n2c(NC#N)nc3cnc4ccc(-c5cnc(N)c(C(F)(F)F)c5)cc4c32)cn1. The van der Waals surface area contributed by atoms with Gasteiger partial charge in [-0.2, -0.15) is 23.7 Å². The number of nitrogens with one attached hydrogen (secondary N) is 1. The van der Waals surface area contributed by atoms with E-state index < -0.39 is 23.0 Å². The van der Waals surface area contributed by atoms with Crippen molar-refractivity contribution in [3.8, 4) is 29.1 Å². The summed E-state index contributed by atoms with van der Waals surface area (Å²) in [7, 11) is 0. The minimum atomic E-state index is -4.66. The number of anilines is 2. The van der Waals surface area contributed by atoms with Crippen molar-refractivity contribution in [1.82, 2.24) is 24.5 Å². The van der Waals surface area contributed by atoms with E-state index in [1.165, 1.54) is 6.20 Å². The van der Waals surface area contributed by atoms with Gasteiger partial charge in [-0.15, -0.1) is 0 Å². The molecule has 0 bridgehead atoms. The molecule has 188 valence electrons. The Morgan fingerprint density at radius 2 is 1.71 bits per heavy atom. The van der Waals surface area contributed by atoms with Crippen LogP contribution in [0.5, 0.6) is 0 Å². The molecule has 0 aliphatic heterocycles. The maximum absolute atomic E-state index is 13.4.